The molecule has 0 amide bonds. The molecular weight excluding hydrogens is 384 g/mol. The Labute approximate surface area is 174 Å². The average Bonchev–Trinajstić information content (AvgIpc) is 3.21. The molecule has 1 unspecified atom stereocenters. The number of non-ortho nitro benzene ring substituents is 1. The van der Waals surface area contributed by atoms with Crippen LogP contribution in [0.25, 0.3) is 10.9 Å². The van der Waals surface area contributed by atoms with Gasteiger partial charge >= 0.3 is 0 Å². The maximum Gasteiger partial charge on any atom is 0.271 e. The number of piperazine rings is 1. The van der Waals surface area contributed by atoms with Crippen LogP contribution in [0.15, 0.2) is 42.6 Å². The number of anilines is 3. The van der Waals surface area contributed by atoms with Crippen molar-refractivity contribution in [2.75, 3.05) is 47.9 Å². The molecule has 1 aromatic carbocycles. The van der Waals surface area contributed by atoms with E-state index in [9.17, 15) is 14.9 Å². The molecule has 3 aromatic rings. The third-order valence-corrected chi connectivity index (χ3v) is 5.64. The Hall–Kier alpha value is -3.62. The summed E-state index contributed by atoms with van der Waals surface area (Å²) in [6.45, 7) is 4.80. The molecule has 3 heterocycles. The minimum absolute atomic E-state index is 0.0374. The highest BCUT2D eigenvalue weighted by Gasteiger charge is 2.30. The van der Waals surface area contributed by atoms with Crippen molar-refractivity contribution in [3.8, 4) is 0 Å². The van der Waals surface area contributed by atoms with E-state index < -0.39 is 4.92 Å². The number of aromatic nitrogens is 2. The van der Waals surface area contributed by atoms with Crippen LogP contribution in [0.1, 0.15) is 6.92 Å². The lowest BCUT2D eigenvalue weighted by Gasteiger charge is -2.41. The van der Waals surface area contributed by atoms with Crippen molar-refractivity contribution < 1.29 is 9.72 Å². The molecule has 9 nitrogen and oxygen atoms in total. The van der Waals surface area contributed by atoms with Gasteiger partial charge in [-0.2, -0.15) is 0 Å². The molecule has 4 rings (SSSR count). The van der Waals surface area contributed by atoms with Gasteiger partial charge in [0, 0.05) is 56.9 Å². The van der Waals surface area contributed by atoms with Crippen LogP contribution in [0, 0.1) is 10.1 Å². The summed E-state index contributed by atoms with van der Waals surface area (Å²) in [4.78, 5) is 36.7. The summed E-state index contributed by atoms with van der Waals surface area (Å²) in [5.41, 5.74) is 1.76. The third-order valence-electron chi connectivity index (χ3n) is 5.64. The molecule has 0 saturated carbocycles. The second-order valence-electron chi connectivity index (χ2n) is 7.39. The van der Waals surface area contributed by atoms with Crippen molar-refractivity contribution in [3.63, 3.8) is 0 Å². The Kier molecular flexibility index (Phi) is 5.26. The molecule has 0 aliphatic carbocycles. The maximum atomic E-state index is 12.0. The van der Waals surface area contributed by atoms with Crippen LogP contribution in [0.3, 0.4) is 0 Å². The SMILES string of the molecule is CCN(C)c1cccnc1N1CCN(c2cc3ccc([N+](=O)[O-])cc3[nH]2)C(C=O)C1. The number of nitrogens with zero attached hydrogens (tertiary/aromatic N) is 5. The number of nitrogens with one attached hydrogen (secondary N) is 1. The predicted octanol–water partition coefficient (Wildman–Crippen LogP) is 2.82. The van der Waals surface area contributed by atoms with E-state index in [1.807, 2.05) is 30.1 Å². The topological polar surface area (TPSA) is 98.6 Å². The normalized spacial score (nSPS) is 16.7. The number of nitro benzene ring substituents is 1. The van der Waals surface area contributed by atoms with E-state index >= 15 is 0 Å². The van der Waals surface area contributed by atoms with Crippen molar-refractivity contribution in [2.24, 2.45) is 0 Å². The average molecular weight is 408 g/mol. The van der Waals surface area contributed by atoms with E-state index in [0.717, 1.165) is 35.5 Å². The summed E-state index contributed by atoms with van der Waals surface area (Å²) in [7, 11) is 2.03. The summed E-state index contributed by atoms with van der Waals surface area (Å²) < 4.78 is 0. The van der Waals surface area contributed by atoms with Crippen molar-refractivity contribution in [3.05, 3.63) is 52.7 Å². The first-order valence-corrected chi connectivity index (χ1v) is 9.92. The highest BCUT2D eigenvalue weighted by atomic mass is 16.6. The molecule has 1 saturated heterocycles. The number of aldehydes is 1. The minimum Gasteiger partial charge on any atom is -0.372 e. The fourth-order valence-electron chi connectivity index (χ4n) is 3.89. The predicted molar refractivity (Wildman–Crippen MR) is 118 cm³/mol. The van der Waals surface area contributed by atoms with Gasteiger partial charge in [0.25, 0.3) is 5.69 Å². The smallest absolute Gasteiger partial charge is 0.271 e. The van der Waals surface area contributed by atoms with Gasteiger partial charge in [-0.3, -0.25) is 10.1 Å². The van der Waals surface area contributed by atoms with Gasteiger partial charge in [0.1, 0.15) is 18.1 Å². The highest BCUT2D eigenvalue weighted by Crippen LogP contribution is 2.31. The Morgan fingerprint density at radius 2 is 2.17 bits per heavy atom. The van der Waals surface area contributed by atoms with Crippen LogP contribution in [-0.4, -0.2) is 60.4 Å². The second-order valence-corrected chi connectivity index (χ2v) is 7.39. The van der Waals surface area contributed by atoms with Crippen LogP contribution in [0.5, 0.6) is 0 Å². The Morgan fingerprint density at radius 1 is 1.33 bits per heavy atom. The lowest BCUT2D eigenvalue weighted by molar-refractivity contribution is -0.384. The molecule has 1 fully saturated rings. The molecular formula is C21H24N6O3. The molecule has 0 radical (unpaired) electrons. The Morgan fingerprint density at radius 3 is 2.90 bits per heavy atom. The zero-order valence-corrected chi connectivity index (χ0v) is 17.0. The molecule has 1 atom stereocenters. The molecule has 0 spiro atoms. The summed E-state index contributed by atoms with van der Waals surface area (Å²) in [5.74, 6) is 1.66. The van der Waals surface area contributed by atoms with Crippen molar-refractivity contribution in [2.45, 2.75) is 13.0 Å². The van der Waals surface area contributed by atoms with Crippen molar-refractivity contribution >= 4 is 40.2 Å². The molecule has 30 heavy (non-hydrogen) atoms. The largest absolute Gasteiger partial charge is 0.372 e. The first kappa shape index (κ1) is 19.7. The first-order chi connectivity index (χ1) is 14.5. The maximum absolute atomic E-state index is 12.0. The van der Waals surface area contributed by atoms with E-state index in [1.54, 1.807) is 12.3 Å². The van der Waals surface area contributed by atoms with Gasteiger partial charge in [-0.15, -0.1) is 0 Å². The number of benzene rings is 1. The summed E-state index contributed by atoms with van der Waals surface area (Å²) in [6, 6.07) is 10.3. The number of carbonyl (C=O) groups is 1. The van der Waals surface area contributed by atoms with E-state index in [1.165, 1.54) is 12.1 Å². The molecule has 0 bridgehead atoms. The van der Waals surface area contributed by atoms with Gasteiger partial charge in [-0.05, 0) is 31.2 Å². The van der Waals surface area contributed by atoms with Crippen LogP contribution in [-0.2, 0) is 4.79 Å². The number of rotatable bonds is 6. The Bertz CT molecular complexity index is 1080. The number of nitro groups is 1. The number of pyridine rings is 1. The van der Waals surface area contributed by atoms with E-state index in [4.69, 9.17) is 0 Å². The van der Waals surface area contributed by atoms with E-state index in [0.29, 0.717) is 25.2 Å². The molecule has 9 heteroatoms. The highest BCUT2D eigenvalue weighted by molar-refractivity contribution is 5.87. The van der Waals surface area contributed by atoms with Gasteiger partial charge in [-0.1, -0.05) is 0 Å². The summed E-state index contributed by atoms with van der Waals surface area (Å²) in [5, 5.41) is 11.9. The molecule has 156 valence electrons. The lowest BCUT2D eigenvalue weighted by atomic mass is 10.1. The van der Waals surface area contributed by atoms with E-state index in [2.05, 4.69) is 26.7 Å². The minimum atomic E-state index is -0.412. The van der Waals surface area contributed by atoms with Gasteiger partial charge < -0.3 is 24.5 Å². The number of carbonyl (C=O) groups excluding carboxylic acids is 1. The number of fused-ring (bicyclic) bond motifs is 1. The summed E-state index contributed by atoms with van der Waals surface area (Å²) >= 11 is 0. The quantitative estimate of drug-likeness (QED) is 0.380. The van der Waals surface area contributed by atoms with Crippen LogP contribution >= 0.6 is 0 Å². The fourth-order valence-corrected chi connectivity index (χ4v) is 3.89. The first-order valence-electron chi connectivity index (χ1n) is 9.92. The molecule has 1 N–H and O–H groups in total. The van der Waals surface area contributed by atoms with Crippen molar-refractivity contribution in [1.82, 2.24) is 9.97 Å². The molecule has 1 aliphatic rings. The summed E-state index contributed by atoms with van der Waals surface area (Å²) in [6.07, 6.45) is 2.72. The number of hydrogen-bond donors (Lipinski definition) is 1. The lowest BCUT2D eigenvalue weighted by Crippen LogP contribution is -2.54. The second kappa shape index (κ2) is 8.02. The van der Waals surface area contributed by atoms with Gasteiger partial charge in [0.15, 0.2) is 5.82 Å². The van der Waals surface area contributed by atoms with Crippen molar-refractivity contribution in [1.29, 1.82) is 0 Å². The van der Waals surface area contributed by atoms with E-state index in [-0.39, 0.29) is 11.7 Å². The standard InChI is InChI=1S/C21H24N6O3/c1-3-24(2)19-5-4-8-22-21(19)25-9-10-26(17(13-25)14-28)20-11-15-6-7-16(27(29)30)12-18(15)23-20/h4-8,11-12,14,17,23H,3,9-10,13H2,1-2H3. The molecule has 2 aromatic heterocycles. The van der Waals surface area contributed by atoms with Gasteiger partial charge in [0.05, 0.1) is 16.1 Å². The van der Waals surface area contributed by atoms with Crippen LogP contribution < -0.4 is 14.7 Å². The fraction of sp³-hybridized carbons (Fsp3) is 0.333. The van der Waals surface area contributed by atoms with Crippen LogP contribution in [0.2, 0.25) is 0 Å². The zero-order chi connectivity index (χ0) is 21.3. The monoisotopic (exact) mass is 408 g/mol. The number of hydrogen-bond acceptors (Lipinski definition) is 7. The Balaban J connectivity index is 1.60. The van der Waals surface area contributed by atoms with Gasteiger partial charge in [0.2, 0.25) is 0 Å². The van der Waals surface area contributed by atoms with Crippen LogP contribution in [0.4, 0.5) is 23.0 Å². The third kappa shape index (κ3) is 3.54. The number of aromatic amines is 1. The molecule has 1 aliphatic heterocycles. The number of H-pyrrole nitrogens is 1. The zero-order valence-electron chi connectivity index (χ0n) is 17.0. The van der Waals surface area contributed by atoms with Gasteiger partial charge in [-0.25, -0.2) is 4.98 Å².